The molecule has 5 nitrogen and oxygen atoms in total. The Kier molecular flexibility index (Phi) is 3.88. The maximum absolute atomic E-state index is 11.9. The highest BCUT2D eigenvalue weighted by atomic mass is 79.9. The van der Waals surface area contributed by atoms with Crippen molar-refractivity contribution < 1.29 is 4.79 Å². The number of aromatic nitrogens is 2. The fourth-order valence-corrected chi connectivity index (χ4v) is 1.95. The number of nitrogens with zero attached hydrogens (tertiary/aromatic N) is 2. The summed E-state index contributed by atoms with van der Waals surface area (Å²) in [6, 6.07) is 6.82. The minimum Gasteiger partial charge on any atom is -0.399 e. The van der Waals surface area contributed by atoms with Crippen LogP contribution in [-0.4, -0.2) is 15.9 Å². The van der Waals surface area contributed by atoms with Gasteiger partial charge in [0, 0.05) is 21.9 Å². The molecule has 1 aromatic carbocycles. The number of amides is 1. The van der Waals surface area contributed by atoms with E-state index in [0.29, 0.717) is 17.8 Å². The second-order valence-corrected chi connectivity index (χ2v) is 4.57. The maximum Gasteiger partial charge on any atom is 0.251 e. The van der Waals surface area contributed by atoms with Gasteiger partial charge in [-0.1, -0.05) is 15.9 Å². The van der Waals surface area contributed by atoms with Gasteiger partial charge in [0.25, 0.3) is 5.91 Å². The number of halogens is 1. The summed E-state index contributed by atoms with van der Waals surface area (Å²) in [4.78, 5) is 19.7. The molecule has 2 aromatic rings. The fraction of sp³-hybridized carbons (Fsp3) is 0.0833. The van der Waals surface area contributed by atoms with Crippen molar-refractivity contribution in [2.24, 2.45) is 0 Å². The molecule has 92 valence electrons. The van der Waals surface area contributed by atoms with Crippen molar-refractivity contribution in [1.82, 2.24) is 15.3 Å². The van der Waals surface area contributed by atoms with E-state index in [1.54, 1.807) is 30.5 Å². The number of hydrogen-bond donors (Lipinski definition) is 2. The summed E-state index contributed by atoms with van der Waals surface area (Å²) in [5.74, 6) is -0.193. The van der Waals surface area contributed by atoms with Gasteiger partial charge in [0.15, 0.2) is 0 Å². The Morgan fingerprint density at radius 3 is 2.89 bits per heavy atom. The molecule has 6 heteroatoms. The van der Waals surface area contributed by atoms with Crippen LogP contribution in [0.1, 0.15) is 16.1 Å². The molecule has 0 radical (unpaired) electrons. The molecule has 0 atom stereocenters. The Hall–Kier alpha value is -1.95. The summed E-state index contributed by atoms with van der Waals surface area (Å²) in [6.07, 6.45) is 3.07. The SMILES string of the molecule is Nc1cc(Br)cc(C(=O)NCc2ccncn2)c1. The van der Waals surface area contributed by atoms with Gasteiger partial charge < -0.3 is 11.1 Å². The van der Waals surface area contributed by atoms with E-state index in [1.807, 2.05) is 0 Å². The lowest BCUT2D eigenvalue weighted by atomic mass is 10.2. The molecule has 0 bridgehead atoms. The van der Waals surface area contributed by atoms with Crippen molar-refractivity contribution in [1.29, 1.82) is 0 Å². The Bertz CT molecular complexity index is 539. The lowest BCUT2D eigenvalue weighted by Crippen LogP contribution is -2.23. The number of anilines is 1. The largest absolute Gasteiger partial charge is 0.399 e. The predicted molar refractivity (Wildman–Crippen MR) is 71.8 cm³/mol. The van der Waals surface area contributed by atoms with Crippen LogP contribution in [0.2, 0.25) is 0 Å². The normalized spacial score (nSPS) is 10.1. The predicted octanol–water partition coefficient (Wildman–Crippen LogP) is 1.75. The van der Waals surface area contributed by atoms with Gasteiger partial charge in [0.1, 0.15) is 6.33 Å². The molecule has 0 saturated carbocycles. The van der Waals surface area contributed by atoms with Crippen LogP contribution in [0.4, 0.5) is 5.69 Å². The van der Waals surface area contributed by atoms with Crippen LogP contribution in [0, 0.1) is 0 Å². The van der Waals surface area contributed by atoms with E-state index < -0.39 is 0 Å². The maximum atomic E-state index is 11.9. The third-order valence-electron chi connectivity index (χ3n) is 2.26. The third-order valence-corrected chi connectivity index (χ3v) is 2.71. The number of benzene rings is 1. The molecule has 3 N–H and O–H groups in total. The van der Waals surface area contributed by atoms with E-state index in [2.05, 4.69) is 31.2 Å². The van der Waals surface area contributed by atoms with E-state index in [9.17, 15) is 4.79 Å². The van der Waals surface area contributed by atoms with Crippen molar-refractivity contribution in [3.05, 3.63) is 52.5 Å². The molecule has 2 rings (SSSR count). The zero-order chi connectivity index (χ0) is 13.0. The molecule has 1 heterocycles. The van der Waals surface area contributed by atoms with Crippen LogP contribution in [-0.2, 0) is 6.54 Å². The van der Waals surface area contributed by atoms with Crippen molar-refractivity contribution in [3.63, 3.8) is 0 Å². The van der Waals surface area contributed by atoms with Crippen LogP contribution in [0.15, 0.2) is 41.3 Å². The average Bonchev–Trinajstić information content (AvgIpc) is 2.36. The Balaban J connectivity index is 2.04. The second-order valence-electron chi connectivity index (χ2n) is 3.66. The molecule has 0 aliphatic rings. The topological polar surface area (TPSA) is 80.9 Å². The first-order chi connectivity index (χ1) is 8.65. The van der Waals surface area contributed by atoms with Gasteiger partial charge in [-0.05, 0) is 24.3 Å². The first-order valence-electron chi connectivity index (χ1n) is 5.24. The van der Waals surface area contributed by atoms with Crippen LogP contribution in [0.5, 0.6) is 0 Å². The molecule has 0 aliphatic heterocycles. The van der Waals surface area contributed by atoms with Crippen LogP contribution >= 0.6 is 15.9 Å². The molecule has 0 saturated heterocycles. The first kappa shape index (κ1) is 12.5. The molecule has 0 fully saturated rings. The molecule has 1 amide bonds. The fourth-order valence-electron chi connectivity index (χ4n) is 1.44. The Morgan fingerprint density at radius 2 is 2.22 bits per heavy atom. The summed E-state index contributed by atoms with van der Waals surface area (Å²) in [5, 5.41) is 2.76. The van der Waals surface area contributed by atoms with Crippen molar-refractivity contribution >= 4 is 27.5 Å². The third kappa shape index (κ3) is 3.27. The van der Waals surface area contributed by atoms with Gasteiger partial charge in [-0.2, -0.15) is 0 Å². The zero-order valence-electron chi connectivity index (χ0n) is 9.43. The van der Waals surface area contributed by atoms with E-state index in [0.717, 1.165) is 10.2 Å². The molecule has 0 spiro atoms. The second kappa shape index (κ2) is 5.59. The highest BCUT2D eigenvalue weighted by Gasteiger charge is 2.07. The molecule has 18 heavy (non-hydrogen) atoms. The van der Waals surface area contributed by atoms with Gasteiger partial charge in [0.2, 0.25) is 0 Å². The highest BCUT2D eigenvalue weighted by Crippen LogP contribution is 2.17. The van der Waals surface area contributed by atoms with Crippen molar-refractivity contribution in [3.8, 4) is 0 Å². The Morgan fingerprint density at radius 1 is 1.39 bits per heavy atom. The van der Waals surface area contributed by atoms with Gasteiger partial charge >= 0.3 is 0 Å². The number of hydrogen-bond acceptors (Lipinski definition) is 4. The minimum absolute atomic E-state index is 0.193. The van der Waals surface area contributed by atoms with E-state index in [-0.39, 0.29) is 5.91 Å². The molecule has 1 aromatic heterocycles. The number of nitrogens with two attached hydrogens (primary N) is 1. The summed E-state index contributed by atoms with van der Waals surface area (Å²) in [5.41, 5.74) is 7.47. The van der Waals surface area contributed by atoms with Gasteiger partial charge in [-0.15, -0.1) is 0 Å². The minimum atomic E-state index is -0.193. The highest BCUT2D eigenvalue weighted by molar-refractivity contribution is 9.10. The molecular formula is C12H11BrN4O. The summed E-state index contributed by atoms with van der Waals surface area (Å²) in [7, 11) is 0. The molecule has 0 aliphatic carbocycles. The van der Waals surface area contributed by atoms with Crippen LogP contribution < -0.4 is 11.1 Å². The Labute approximate surface area is 113 Å². The molecule has 0 unspecified atom stereocenters. The monoisotopic (exact) mass is 306 g/mol. The van der Waals surface area contributed by atoms with Gasteiger partial charge in [-0.3, -0.25) is 4.79 Å². The number of rotatable bonds is 3. The van der Waals surface area contributed by atoms with Crippen LogP contribution in [0.25, 0.3) is 0 Å². The summed E-state index contributed by atoms with van der Waals surface area (Å²) in [6.45, 7) is 0.355. The average molecular weight is 307 g/mol. The van der Waals surface area contributed by atoms with Gasteiger partial charge in [0.05, 0.1) is 12.2 Å². The smallest absolute Gasteiger partial charge is 0.251 e. The number of carbonyl (C=O) groups is 1. The standard InChI is InChI=1S/C12H11BrN4O/c13-9-3-8(4-10(14)5-9)12(18)16-6-11-1-2-15-7-17-11/h1-5,7H,6,14H2,(H,16,18). The lowest BCUT2D eigenvalue weighted by Gasteiger charge is -2.06. The summed E-state index contributed by atoms with van der Waals surface area (Å²) >= 11 is 3.30. The lowest BCUT2D eigenvalue weighted by molar-refractivity contribution is 0.0950. The van der Waals surface area contributed by atoms with E-state index in [4.69, 9.17) is 5.73 Å². The van der Waals surface area contributed by atoms with E-state index >= 15 is 0 Å². The number of carbonyl (C=O) groups excluding carboxylic acids is 1. The van der Waals surface area contributed by atoms with Crippen molar-refractivity contribution in [2.45, 2.75) is 6.54 Å². The number of nitrogen functional groups attached to an aromatic ring is 1. The van der Waals surface area contributed by atoms with Gasteiger partial charge in [-0.25, -0.2) is 9.97 Å². The summed E-state index contributed by atoms with van der Waals surface area (Å²) < 4.78 is 0.773. The quantitative estimate of drug-likeness (QED) is 0.847. The van der Waals surface area contributed by atoms with E-state index in [1.165, 1.54) is 6.33 Å². The van der Waals surface area contributed by atoms with Crippen molar-refractivity contribution in [2.75, 3.05) is 5.73 Å². The first-order valence-corrected chi connectivity index (χ1v) is 6.03. The molecular weight excluding hydrogens is 296 g/mol. The number of nitrogens with one attached hydrogen (secondary N) is 1. The zero-order valence-corrected chi connectivity index (χ0v) is 11.0. The van der Waals surface area contributed by atoms with Crippen LogP contribution in [0.3, 0.4) is 0 Å².